The zero-order chi connectivity index (χ0) is 12.2. The van der Waals surface area contributed by atoms with Crippen LogP contribution < -0.4 is 4.72 Å². The van der Waals surface area contributed by atoms with Gasteiger partial charge in [-0.25, -0.2) is 17.9 Å². The molecule has 1 rings (SSSR count). The zero-order valence-corrected chi connectivity index (χ0v) is 9.19. The van der Waals surface area contributed by atoms with Crippen LogP contribution in [0.15, 0.2) is 17.3 Å². The smallest absolute Gasteiger partial charge is 0.334 e. The van der Waals surface area contributed by atoms with E-state index in [0.717, 1.165) is 0 Å². The average Bonchev–Trinajstić information content (AvgIpc) is 2.71. The van der Waals surface area contributed by atoms with E-state index in [9.17, 15) is 13.2 Å². The number of H-pyrrole nitrogens is 1. The van der Waals surface area contributed by atoms with Crippen LogP contribution in [0, 0.1) is 0 Å². The molecule has 0 bridgehead atoms. The van der Waals surface area contributed by atoms with Crippen molar-refractivity contribution in [2.75, 3.05) is 13.7 Å². The van der Waals surface area contributed by atoms with Crippen LogP contribution in [-0.4, -0.2) is 49.4 Å². The van der Waals surface area contributed by atoms with E-state index >= 15 is 0 Å². The number of aromatic amines is 1. The third kappa shape index (κ3) is 3.02. The van der Waals surface area contributed by atoms with Crippen molar-refractivity contribution < 1.29 is 23.1 Å². The third-order valence-corrected chi connectivity index (χ3v) is 3.14. The Morgan fingerprint density at radius 3 is 2.88 bits per heavy atom. The summed E-state index contributed by atoms with van der Waals surface area (Å²) in [5, 5.41) is 14.2. The molecule has 1 aromatic heterocycles. The van der Waals surface area contributed by atoms with Gasteiger partial charge in [-0.3, -0.25) is 5.10 Å². The van der Waals surface area contributed by atoms with Gasteiger partial charge in [-0.15, -0.1) is 0 Å². The molecule has 9 heteroatoms. The first-order valence-electron chi connectivity index (χ1n) is 4.22. The predicted molar refractivity (Wildman–Crippen MR) is 52.2 cm³/mol. The molecule has 1 aromatic rings. The number of carbonyl (C=O) groups is 1. The summed E-state index contributed by atoms with van der Waals surface area (Å²) in [4.78, 5) is 10.6. The van der Waals surface area contributed by atoms with Gasteiger partial charge in [-0.1, -0.05) is 0 Å². The van der Waals surface area contributed by atoms with Crippen molar-refractivity contribution in [1.29, 1.82) is 0 Å². The maximum Gasteiger partial charge on any atom is 0.334 e. The molecule has 0 aromatic carbocycles. The first kappa shape index (κ1) is 12.6. The van der Waals surface area contributed by atoms with Crippen LogP contribution in [-0.2, 0) is 19.6 Å². The molecule has 90 valence electrons. The second kappa shape index (κ2) is 5.05. The van der Waals surface area contributed by atoms with Crippen molar-refractivity contribution in [2.24, 2.45) is 0 Å². The third-order valence-electron chi connectivity index (χ3n) is 1.78. The number of rotatable bonds is 6. The highest BCUT2D eigenvalue weighted by Gasteiger charge is 2.21. The molecule has 0 aliphatic rings. The summed E-state index contributed by atoms with van der Waals surface area (Å²) in [5.74, 6) is -1.24. The number of ether oxygens (including phenoxy) is 1. The Morgan fingerprint density at radius 2 is 2.44 bits per heavy atom. The molecule has 0 spiro atoms. The van der Waals surface area contributed by atoms with Gasteiger partial charge in [0, 0.05) is 13.7 Å². The molecule has 0 fully saturated rings. The van der Waals surface area contributed by atoms with Crippen molar-refractivity contribution in [2.45, 2.75) is 11.1 Å². The van der Waals surface area contributed by atoms with Crippen molar-refractivity contribution in [1.82, 2.24) is 14.9 Å². The highest BCUT2D eigenvalue weighted by atomic mass is 32.2. The first-order valence-corrected chi connectivity index (χ1v) is 5.70. The highest BCUT2D eigenvalue weighted by molar-refractivity contribution is 7.89. The molecule has 0 radical (unpaired) electrons. The van der Waals surface area contributed by atoms with Crippen LogP contribution >= 0.6 is 0 Å². The summed E-state index contributed by atoms with van der Waals surface area (Å²) in [6, 6.07) is 1.25. The molecule has 0 aliphatic heterocycles. The number of aliphatic carboxylic acids is 1. The Hall–Kier alpha value is -1.45. The number of nitrogens with one attached hydrogen (secondary N) is 2. The van der Waals surface area contributed by atoms with Gasteiger partial charge < -0.3 is 9.84 Å². The van der Waals surface area contributed by atoms with Gasteiger partial charge >= 0.3 is 5.97 Å². The molecule has 1 heterocycles. The van der Waals surface area contributed by atoms with E-state index in [0.29, 0.717) is 0 Å². The molecule has 1 unspecified atom stereocenters. The van der Waals surface area contributed by atoms with Gasteiger partial charge in [0.1, 0.15) is 0 Å². The number of aromatic nitrogens is 2. The topological polar surface area (TPSA) is 121 Å². The summed E-state index contributed by atoms with van der Waals surface area (Å²) in [5.41, 5.74) is 0. The highest BCUT2D eigenvalue weighted by Crippen LogP contribution is 2.02. The lowest BCUT2D eigenvalue weighted by atomic mass is 10.4. The minimum atomic E-state index is -3.77. The summed E-state index contributed by atoms with van der Waals surface area (Å²) in [6.45, 7) is -0.354. The molecule has 3 N–H and O–H groups in total. The zero-order valence-electron chi connectivity index (χ0n) is 8.37. The van der Waals surface area contributed by atoms with Crippen LogP contribution in [0.3, 0.4) is 0 Å². The van der Waals surface area contributed by atoms with E-state index in [1.807, 2.05) is 0 Å². The van der Waals surface area contributed by atoms with Gasteiger partial charge in [0.25, 0.3) is 10.0 Å². The lowest BCUT2D eigenvalue weighted by molar-refractivity contribution is -0.147. The largest absolute Gasteiger partial charge is 0.479 e. The fraction of sp³-hybridized carbons (Fsp3) is 0.429. The Bertz CT molecular complexity index is 441. The fourth-order valence-corrected chi connectivity index (χ4v) is 1.87. The van der Waals surface area contributed by atoms with Gasteiger partial charge in [-0.2, -0.15) is 5.10 Å². The Labute approximate surface area is 91.7 Å². The quantitative estimate of drug-likeness (QED) is 0.581. The fourth-order valence-electron chi connectivity index (χ4n) is 0.927. The Kier molecular flexibility index (Phi) is 3.99. The van der Waals surface area contributed by atoms with Crippen molar-refractivity contribution in [3.05, 3.63) is 12.3 Å². The lowest BCUT2D eigenvalue weighted by Gasteiger charge is -2.10. The predicted octanol–water partition coefficient (Wildman–Crippen LogP) is -1.21. The molecule has 0 saturated heterocycles. The summed E-state index contributed by atoms with van der Waals surface area (Å²) in [7, 11) is -2.58. The van der Waals surface area contributed by atoms with Crippen molar-refractivity contribution in [3.8, 4) is 0 Å². The summed E-state index contributed by atoms with van der Waals surface area (Å²) in [6.07, 6.45) is 0.0530. The number of hydrogen-bond acceptors (Lipinski definition) is 5. The van der Waals surface area contributed by atoms with Crippen LogP contribution in [0.4, 0.5) is 0 Å². The van der Waals surface area contributed by atoms with Crippen LogP contribution in [0.5, 0.6) is 0 Å². The Morgan fingerprint density at radius 1 is 1.75 bits per heavy atom. The van der Waals surface area contributed by atoms with E-state index in [1.54, 1.807) is 0 Å². The molecule has 1 atom stereocenters. The minimum absolute atomic E-state index is 0.132. The number of methoxy groups -OCH3 is 1. The average molecular weight is 249 g/mol. The number of sulfonamides is 1. The molecular weight excluding hydrogens is 238 g/mol. The maximum atomic E-state index is 11.5. The van der Waals surface area contributed by atoms with E-state index in [2.05, 4.69) is 19.7 Å². The molecular formula is C7H11N3O5S. The molecule has 8 nitrogen and oxygen atoms in total. The minimum Gasteiger partial charge on any atom is -0.479 e. The SMILES string of the molecule is COC(CNS(=O)(=O)c1ccn[nH]1)C(=O)O. The first-order chi connectivity index (χ1) is 7.47. The van der Waals surface area contributed by atoms with Gasteiger partial charge in [0.2, 0.25) is 0 Å². The van der Waals surface area contributed by atoms with Crippen LogP contribution in [0.1, 0.15) is 0 Å². The second-order valence-electron chi connectivity index (χ2n) is 2.84. The number of nitrogens with zero attached hydrogens (tertiary/aromatic N) is 1. The van der Waals surface area contributed by atoms with Gasteiger partial charge in [0.05, 0.1) is 6.20 Å². The van der Waals surface area contributed by atoms with Crippen LogP contribution in [0.2, 0.25) is 0 Å². The van der Waals surface area contributed by atoms with Gasteiger partial charge in [-0.05, 0) is 6.07 Å². The van der Waals surface area contributed by atoms with Crippen molar-refractivity contribution in [3.63, 3.8) is 0 Å². The maximum absolute atomic E-state index is 11.5. The molecule has 0 aliphatic carbocycles. The normalized spacial score (nSPS) is 13.6. The molecule has 0 amide bonds. The van der Waals surface area contributed by atoms with Gasteiger partial charge in [0.15, 0.2) is 11.1 Å². The second-order valence-corrected chi connectivity index (χ2v) is 4.57. The lowest BCUT2D eigenvalue weighted by Crippen LogP contribution is -2.37. The van der Waals surface area contributed by atoms with E-state index < -0.39 is 22.1 Å². The molecule has 16 heavy (non-hydrogen) atoms. The Balaban J connectivity index is 2.65. The number of hydrogen-bond donors (Lipinski definition) is 3. The van der Waals surface area contributed by atoms with E-state index in [4.69, 9.17) is 5.11 Å². The summed E-state index contributed by atoms with van der Waals surface area (Å²) < 4.78 is 29.7. The number of carboxylic acid groups (broad SMARTS) is 1. The van der Waals surface area contributed by atoms with E-state index in [-0.39, 0.29) is 11.6 Å². The monoisotopic (exact) mass is 249 g/mol. The molecule has 0 saturated carbocycles. The van der Waals surface area contributed by atoms with Crippen LogP contribution in [0.25, 0.3) is 0 Å². The summed E-state index contributed by atoms with van der Waals surface area (Å²) >= 11 is 0. The number of carboxylic acids is 1. The van der Waals surface area contributed by atoms with Crippen molar-refractivity contribution >= 4 is 16.0 Å². The standard InChI is InChI=1S/C7H11N3O5S/c1-15-5(7(11)12)4-9-16(13,14)6-2-3-8-10-6/h2-3,5,9H,4H2,1H3,(H,8,10)(H,11,12). The van der Waals surface area contributed by atoms with E-state index in [1.165, 1.54) is 19.4 Å².